The lowest BCUT2D eigenvalue weighted by molar-refractivity contribution is 0.102. The Morgan fingerprint density at radius 1 is 1.08 bits per heavy atom. The molecular formula is C17H15N3O4. The van der Waals surface area contributed by atoms with Crippen molar-refractivity contribution in [3.05, 3.63) is 48.2 Å². The number of benzene rings is 2. The first-order valence-corrected chi connectivity index (χ1v) is 7.10. The average Bonchev–Trinajstić information content (AvgIpc) is 2.60. The number of rotatable bonds is 4. The minimum Gasteiger partial charge on any atom is -0.508 e. The SMILES string of the molecule is COc1cc2cnc(NC(=O)c3ccc(O)cc3)nc2cc1OC. The lowest BCUT2D eigenvalue weighted by atomic mass is 10.2. The highest BCUT2D eigenvalue weighted by molar-refractivity contribution is 6.03. The number of carbonyl (C=O) groups is 1. The number of nitrogens with zero attached hydrogens (tertiary/aromatic N) is 2. The van der Waals surface area contributed by atoms with Crippen LogP contribution in [0, 0.1) is 0 Å². The van der Waals surface area contributed by atoms with E-state index >= 15 is 0 Å². The van der Waals surface area contributed by atoms with Crippen molar-refractivity contribution in [1.29, 1.82) is 0 Å². The van der Waals surface area contributed by atoms with Gasteiger partial charge in [0.05, 0.1) is 19.7 Å². The summed E-state index contributed by atoms with van der Waals surface area (Å²) in [5.74, 6) is 1.02. The molecule has 1 amide bonds. The maximum atomic E-state index is 12.2. The van der Waals surface area contributed by atoms with Gasteiger partial charge in [-0.3, -0.25) is 10.1 Å². The van der Waals surface area contributed by atoms with Crippen molar-refractivity contribution in [2.24, 2.45) is 0 Å². The minimum atomic E-state index is -0.366. The second-order valence-electron chi connectivity index (χ2n) is 4.96. The van der Waals surface area contributed by atoms with Gasteiger partial charge in [-0.2, -0.15) is 0 Å². The number of ether oxygens (including phenoxy) is 2. The third-order valence-electron chi connectivity index (χ3n) is 3.44. The highest BCUT2D eigenvalue weighted by Gasteiger charge is 2.11. The fourth-order valence-electron chi connectivity index (χ4n) is 2.20. The molecule has 122 valence electrons. The van der Waals surface area contributed by atoms with E-state index in [0.717, 1.165) is 5.39 Å². The number of phenols is 1. The van der Waals surface area contributed by atoms with Crippen LogP contribution >= 0.6 is 0 Å². The molecule has 0 unspecified atom stereocenters. The Balaban J connectivity index is 1.90. The Hall–Kier alpha value is -3.35. The normalized spacial score (nSPS) is 10.4. The maximum Gasteiger partial charge on any atom is 0.258 e. The van der Waals surface area contributed by atoms with E-state index in [1.54, 1.807) is 32.5 Å². The standard InChI is InChI=1S/C17H15N3O4/c1-23-14-7-11-9-18-17(19-13(11)8-15(14)24-2)20-16(22)10-3-5-12(21)6-4-10/h3-9,21H,1-2H3,(H,18,19,20,22). The Morgan fingerprint density at radius 3 is 2.42 bits per heavy atom. The number of methoxy groups -OCH3 is 2. The molecule has 0 aliphatic carbocycles. The third kappa shape index (κ3) is 3.05. The van der Waals surface area contributed by atoms with Gasteiger partial charge in [-0.1, -0.05) is 0 Å². The summed E-state index contributed by atoms with van der Waals surface area (Å²) in [6, 6.07) is 9.38. The number of hydrogen-bond donors (Lipinski definition) is 2. The third-order valence-corrected chi connectivity index (χ3v) is 3.44. The van der Waals surface area contributed by atoms with E-state index < -0.39 is 0 Å². The van der Waals surface area contributed by atoms with Crippen LogP contribution in [0.4, 0.5) is 5.95 Å². The number of aromatic hydroxyl groups is 1. The summed E-state index contributed by atoms with van der Waals surface area (Å²) in [5, 5.41) is 12.6. The van der Waals surface area contributed by atoms with Crippen LogP contribution < -0.4 is 14.8 Å². The Bertz CT molecular complexity index is 894. The van der Waals surface area contributed by atoms with Gasteiger partial charge in [0.2, 0.25) is 5.95 Å². The van der Waals surface area contributed by atoms with Crippen LogP contribution in [-0.2, 0) is 0 Å². The van der Waals surface area contributed by atoms with Crippen molar-refractivity contribution in [3.8, 4) is 17.2 Å². The average molecular weight is 325 g/mol. The lowest BCUT2D eigenvalue weighted by Gasteiger charge is -2.09. The quantitative estimate of drug-likeness (QED) is 0.766. The van der Waals surface area contributed by atoms with E-state index in [9.17, 15) is 9.90 Å². The van der Waals surface area contributed by atoms with Gasteiger partial charge in [-0.25, -0.2) is 9.97 Å². The molecule has 0 aliphatic rings. The molecule has 0 fully saturated rings. The summed E-state index contributed by atoms with van der Waals surface area (Å²) in [4.78, 5) is 20.6. The van der Waals surface area contributed by atoms with E-state index in [-0.39, 0.29) is 17.6 Å². The van der Waals surface area contributed by atoms with Crippen molar-refractivity contribution in [3.63, 3.8) is 0 Å². The highest BCUT2D eigenvalue weighted by atomic mass is 16.5. The first kappa shape index (κ1) is 15.5. The van der Waals surface area contributed by atoms with Gasteiger partial charge in [-0.05, 0) is 30.3 Å². The first-order valence-electron chi connectivity index (χ1n) is 7.10. The van der Waals surface area contributed by atoms with Crippen molar-refractivity contribution < 1.29 is 19.4 Å². The van der Waals surface area contributed by atoms with Crippen LogP contribution in [0.5, 0.6) is 17.2 Å². The van der Waals surface area contributed by atoms with Crippen LogP contribution in [0.25, 0.3) is 10.9 Å². The van der Waals surface area contributed by atoms with E-state index in [4.69, 9.17) is 9.47 Å². The van der Waals surface area contributed by atoms with E-state index in [0.29, 0.717) is 22.6 Å². The molecule has 1 heterocycles. The second kappa shape index (κ2) is 6.41. The van der Waals surface area contributed by atoms with Crippen LogP contribution in [0.3, 0.4) is 0 Å². The Labute approximate surface area is 137 Å². The number of nitrogens with one attached hydrogen (secondary N) is 1. The molecule has 3 rings (SSSR count). The number of hydrogen-bond acceptors (Lipinski definition) is 6. The second-order valence-corrected chi connectivity index (χ2v) is 4.96. The van der Waals surface area contributed by atoms with E-state index in [1.165, 1.54) is 24.3 Å². The summed E-state index contributed by atoms with van der Waals surface area (Å²) in [7, 11) is 3.09. The molecule has 0 aliphatic heterocycles. The topological polar surface area (TPSA) is 93.6 Å². The molecular weight excluding hydrogens is 310 g/mol. The predicted molar refractivity (Wildman–Crippen MR) is 88.7 cm³/mol. The van der Waals surface area contributed by atoms with Crippen LogP contribution in [0.15, 0.2) is 42.6 Å². The van der Waals surface area contributed by atoms with Gasteiger partial charge < -0.3 is 14.6 Å². The number of carbonyl (C=O) groups excluding carboxylic acids is 1. The van der Waals surface area contributed by atoms with Crippen molar-refractivity contribution in [1.82, 2.24) is 9.97 Å². The molecule has 7 heteroatoms. The van der Waals surface area contributed by atoms with Crippen LogP contribution in [0.1, 0.15) is 10.4 Å². The maximum absolute atomic E-state index is 12.2. The van der Waals surface area contributed by atoms with Gasteiger partial charge in [0.15, 0.2) is 11.5 Å². The fourth-order valence-corrected chi connectivity index (χ4v) is 2.20. The summed E-state index contributed by atoms with van der Waals surface area (Å²) in [6.45, 7) is 0. The monoisotopic (exact) mass is 325 g/mol. The molecule has 7 nitrogen and oxygen atoms in total. The highest BCUT2D eigenvalue weighted by Crippen LogP contribution is 2.31. The molecule has 24 heavy (non-hydrogen) atoms. The molecule has 1 aromatic heterocycles. The number of fused-ring (bicyclic) bond motifs is 1. The van der Waals surface area contributed by atoms with E-state index in [1.807, 2.05) is 0 Å². The molecule has 2 N–H and O–H groups in total. The zero-order valence-electron chi connectivity index (χ0n) is 13.1. The number of anilines is 1. The summed E-state index contributed by atoms with van der Waals surface area (Å²) < 4.78 is 10.5. The summed E-state index contributed by atoms with van der Waals surface area (Å²) >= 11 is 0. The molecule has 0 bridgehead atoms. The van der Waals surface area contributed by atoms with Gasteiger partial charge in [-0.15, -0.1) is 0 Å². The van der Waals surface area contributed by atoms with Gasteiger partial charge in [0, 0.05) is 23.2 Å². The summed E-state index contributed by atoms with van der Waals surface area (Å²) in [6.07, 6.45) is 1.59. The van der Waals surface area contributed by atoms with Gasteiger partial charge in [0.25, 0.3) is 5.91 Å². The Kier molecular flexibility index (Phi) is 4.15. The first-order chi connectivity index (χ1) is 11.6. The van der Waals surface area contributed by atoms with Crippen molar-refractivity contribution >= 4 is 22.8 Å². The van der Waals surface area contributed by atoms with E-state index in [2.05, 4.69) is 15.3 Å². The van der Waals surface area contributed by atoms with Crippen molar-refractivity contribution in [2.75, 3.05) is 19.5 Å². The zero-order valence-corrected chi connectivity index (χ0v) is 13.1. The smallest absolute Gasteiger partial charge is 0.258 e. The van der Waals surface area contributed by atoms with Gasteiger partial charge in [0.1, 0.15) is 5.75 Å². The van der Waals surface area contributed by atoms with Gasteiger partial charge >= 0.3 is 0 Å². The molecule has 3 aromatic rings. The number of aromatic nitrogens is 2. The number of phenolic OH excluding ortho intramolecular Hbond substituents is 1. The molecule has 0 saturated heterocycles. The molecule has 0 spiro atoms. The lowest BCUT2D eigenvalue weighted by Crippen LogP contribution is -2.14. The molecule has 0 saturated carbocycles. The zero-order chi connectivity index (χ0) is 17.1. The predicted octanol–water partition coefficient (Wildman–Crippen LogP) is 2.60. The largest absolute Gasteiger partial charge is 0.508 e. The Morgan fingerprint density at radius 2 is 1.75 bits per heavy atom. The molecule has 2 aromatic carbocycles. The molecule has 0 atom stereocenters. The number of amides is 1. The molecule has 0 radical (unpaired) electrons. The fraction of sp³-hybridized carbons (Fsp3) is 0.118. The van der Waals surface area contributed by atoms with Crippen molar-refractivity contribution in [2.45, 2.75) is 0 Å². The minimum absolute atomic E-state index is 0.0922. The van der Waals surface area contributed by atoms with Crippen LogP contribution in [-0.4, -0.2) is 35.2 Å². The summed E-state index contributed by atoms with van der Waals surface area (Å²) in [5.41, 5.74) is 1.01. The van der Waals surface area contributed by atoms with Crippen LogP contribution in [0.2, 0.25) is 0 Å².